The molecular formula is C64H60F2N14O7. The fraction of sp³-hybridized carbons (Fsp3) is 0.0938. The molecule has 0 saturated heterocycles. The van der Waals surface area contributed by atoms with Gasteiger partial charge in [0.25, 0.3) is 5.97 Å². The van der Waals surface area contributed by atoms with Crippen LogP contribution in [0.5, 0.6) is 0 Å². The number of ketones is 3. The highest BCUT2D eigenvalue weighted by Gasteiger charge is 2.12. The van der Waals surface area contributed by atoms with Crippen molar-refractivity contribution in [2.45, 2.75) is 33.7 Å². The van der Waals surface area contributed by atoms with Gasteiger partial charge in [0, 0.05) is 88.1 Å². The number of aromatic nitrogens is 8. The Labute approximate surface area is 499 Å². The molecule has 21 nitrogen and oxygen atoms in total. The number of H-pyrrole nitrogens is 2. The van der Waals surface area contributed by atoms with Crippen LogP contribution in [-0.2, 0) is 11.3 Å². The molecule has 442 valence electrons. The maximum atomic E-state index is 11.9. The number of carbonyl (C=O) groups excluding carboxylic acids is 3. The third-order valence-electron chi connectivity index (χ3n) is 11.1. The van der Waals surface area contributed by atoms with Crippen molar-refractivity contribution in [2.75, 3.05) is 6.54 Å². The van der Waals surface area contributed by atoms with Gasteiger partial charge in [-0.15, -0.1) is 0 Å². The third kappa shape index (κ3) is 24.6. The lowest BCUT2D eigenvalue weighted by molar-refractivity contribution is -0.134. The summed E-state index contributed by atoms with van der Waals surface area (Å²) in [4.78, 5) is 84.9. The number of aromatic amines is 2. The molecule has 0 atom stereocenters. The summed E-state index contributed by atoms with van der Waals surface area (Å²) in [5.74, 6) is -0.528. The van der Waals surface area contributed by atoms with Crippen LogP contribution < -0.4 is 17.6 Å². The van der Waals surface area contributed by atoms with Crippen LogP contribution in [0.2, 0.25) is 0 Å². The molecule has 87 heavy (non-hydrogen) atoms. The third-order valence-corrected chi connectivity index (χ3v) is 11.1. The zero-order valence-corrected chi connectivity index (χ0v) is 46.0. The highest BCUT2D eigenvalue weighted by molar-refractivity contribution is 6.02. The van der Waals surface area contributed by atoms with Crippen molar-refractivity contribution in [3.63, 3.8) is 0 Å². The number of carboxylic acid groups (broad SMARTS) is 2. The number of nitriles is 3. The van der Waals surface area contributed by atoms with Crippen LogP contribution in [0.15, 0.2) is 207 Å². The average molecular weight is 1180 g/mol. The first-order valence-electron chi connectivity index (χ1n) is 25.2. The van der Waals surface area contributed by atoms with Crippen LogP contribution >= 0.6 is 0 Å². The maximum Gasteiger partial charge on any atom is 0.337 e. The van der Waals surface area contributed by atoms with Crippen molar-refractivity contribution in [3.05, 3.63) is 252 Å². The Balaban J connectivity index is 0.000000368. The van der Waals surface area contributed by atoms with E-state index in [0.717, 1.165) is 64.1 Å². The molecule has 4 aromatic carbocycles. The summed E-state index contributed by atoms with van der Waals surface area (Å²) in [5, 5.41) is 41.5. The molecule has 6 heterocycles. The quantitative estimate of drug-likeness (QED) is 0.0527. The number of rotatable bonds is 13. The molecule has 0 bridgehead atoms. The van der Waals surface area contributed by atoms with Crippen LogP contribution in [0.1, 0.15) is 91.4 Å². The van der Waals surface area contributed by atoms with E-state index in [-0.39, 0.29) is 67.3 Å². The molecule has 0 radical (unpaired) electrons. The number of nitrogens with zero attached hydrogens (tertiary/aromatic N) is 9. The van der Waals surface area contributed by atoms with Crippen LogP contribution in [0.4, 0.5) is 9.15 Å². The number of Topliss-reactive ketones (excluding diaryl/α,β-unsaturated/α-hetero) is 3. The number of pyridine rings is 4. The van der Waals surface area contributed by atoms with Crippen molar-refractivity contribution in [2.24, 2.45) is 11.5 Å². The molecule has 0 aliphatic rings. The molecule has 0 aliphatic heterocycles. The Kier molecular flexibility index (Phi) is 32.3. The lowest BCUT2D eigenvalue weighted by Gasteiger charge is -2.01. The van der Waals surface area contributed by atoms with E-state index in [2.05, 4.69) is 39.9 Å². The van der Waals surface area contributed by atoms with E-state index < -0.39 is 11.9 Å². The van der Waals surface area contributed by atoms with Gasteiger partial charge < -0.3 is 37.8 Å². The molecule has 6 aromatic heterocycles. The van der Waals surface area contributed by atoms with Crippen LogP contribution in [0.25, 0.3) is 45.3 Å². The highest BCUT2D eigenvalue weighted by atomic mass is 20.0. The van der Waals surface area contributed by atoms with Gasteiger partial charge in [0.2, 0.25) is 0 Å². The Morgan fingerprint density at radius 3 is 1.14 bits per heavy atom. The van der Waals surface area contributed by atoms with Gasteiger partial charge in [-0.1, -0.05) is 129 Å². The number of halogens is 2. The predicted molar refractivity (Wildman–Crippen MR) is 323 cm³/mol. The molecule has 23 heteroatoms. The molecule has 0 spiro atoms. The van der Waals surface area contributed by atoms with Gasteiger partial charge in [0.1, 0.15) is 46.9 Å². The SMILES string of the molecule is C.CC(=O)O.FF.N.N#Cc1ccc(-c2ncc(-c3ccccc3)[nH]2)cn1.N#Cc1ccc(C(=O)CCC(=O)c2ccccc2)cn1.N#Cc1ccc(C(=O)O)cn1.NCC(=O)c1ccccc1.NCc1ccc(-c2ncc(-c3ccccc3)[nH]2)cn1. The van der Waals surface area contributed by atoms with Gasteiger partial charge in [-0.05, 0) is 59.7 Å². The molecule has 0 fully saturated rings. The van der Waals surface area contributed by atoms with Crippen molar-refractivity contribution >= 4 is 29.3 Å². The molecular weight excluding hydrogens is 1110 g/mol. The van der Waals surface area contributed by atoms with E-state index in [1.165, 1.54) is 24.4 Å². The van der Waals surface area contributed by atoms with Gasteiger partial charge in [0.05, 0.1) is 41.6 Å². The van der Waals surface area contributed by atoms with Crippen LogP contribution in [0.3, 0.4) is 0 Å². The first-order valence-corrected chi connectivity index (χ1v) is 25.2. The minimum atomic E-state index is -1.04. The number of aliphatic carboxylic acids is 1. The van der Waals surface area contributed by atoms with E-state index in [4.69, 9.17) is 51.4 Å². The summed E-state index contributed by atoms with van der Waals surface area (Å²) in [5.41, 5.74) is 20.2. The van der Waals surface area contributed by atoms with Crippen molar-refractivity contribution in [3.8, 4) is 63.5 Å². The van der Waals surface area contributed by atoms with Crippen molar-refractivity contribution < 1.29 is 43.3 Å². The van der Waals surface area contributed by atoms with Gasteiger partial charge in [-0.2, -0.15) is 15.8 Å². The first kappa shape index (κ1) is 71.2. The summed E-state index contributed by atoms with van der Waals surface area (Å²) >= 11 is 0. The summed E-state index contributed by atoms with van der Waals surface area (Å²) in [6.07, 6.45) is 9.89. The standard InChI is InChI=1S/C16H12N2O2.C15H14N4.C15H10N4.C8H9NO.C7H4N2O2.C2H4O2.CH4.F2.H3N/c17-10-14-7-6-13(11-18-14)16(20)9-8-15(19)12-4-2-1-3-5-12;2*16-8-13-7-6-12(9-17-13)15-18-10-14(19-15)11-4-2-1-3-5-11;9-6-8(10)7-4-2-1-3-5-7;8-3-6-2-1-5(4-9-6)7(10)11;1-2(3)4;;1-2;/h1-7,11H,8-9H2;1-7,9-10H,8,16H2,(H,18,19);1-7,9-10H,(H,18,19);1-5H,6,9H2;1-2,4H,(H,10,11);1H3,(H,3,4);1H4;;1H3. The fourth-order valence-electron chi connectivity index (χ4n) is 6.84. The number of nitrogens with two attached hydrogens (primary N) is 2. The fourth-order valence-corrected chi connectivity index (χ4v) is 6.84. The second-order valence-corrected chi connectivity index (χ2v) is 16.9. The normalized spacial score (nSPS) is 9.26. The Morgan fingerprint density at radius 1 is 0.448 bits per heavy atom. The minimum absolute atomic E-state index is 0. The number of carbonyl (C=O) groups is 5. The molecule has 0 saturated carbocycles. The summed E-state index contributed by atoms with van der Waals surface area (Å²) in [7, 11) is 0. The van der Waals surface area contributed by atoms with Gasteiger partial charge in [-0.3, -0.25) is 24.2 Å². The van der Waals surface area contributed by atoms with Crippen molar-refractivity contribution in [1.82, 2.24) is 46.0 Å². The lowest BCUT2D eigenvalue weighted by Crippen LogP contribution is -2.12. The molecule has 11 N–H and O–H groups in total. The predicted octanol–water partition coefficient (Wildman–Crippen LogP) is 11.6. The Hall–Kier alpha value is -11.9. The first-order chi connectivity index (χ1) is 41.2. The lowest BCUT2D eigenvalue weighted by atomic mass is 10.0. The van der Waals surface area contributed by atoms with E-state index in [1.54, 1.807) is 73.2 Å². The zero-order valence-electron chi connectivity index (χ0n) is 46.0. The monoisotopic (exact) mass is 1170 g/mol. The highest BCUT2D eigenvalue weighted by Crippen LogP contribution is 2.23. The van der Waals surface area contributed by atoms with E-state index in [1.807, 2.05) is 121 Å². The Bertz CT molecular complexity index is 3800. The number of aromatic carboxylic acids is 1. The van der Waals surface area contributed by atoms with Gasteiger partial charge in [-0.25, -0.2) is 29.7 Å². The molecule has 0 amide bonds. The average Bonchev–Trinajstić information content (AvgIpc) is 4.49. The number of hydrogen-bond donors (Lipinski definition) is 7. The topological polar surface area (TPSA) is 393 Å². The maximum absolute atomic E-state index is 11.9. The number of hydrogen-bond acceptors (Lipinski definition) is 17. The van der Waals surface area contributed by atoms with Gasteiger partial charge >= 0.3 is 5.97 Å². The Morgan fingerprint density at radius 2 is 0.805 bits per heavy atom. The van der Waals surface area contributed by atoms with E-state index in [9.17, 15) is 19.2 Å². The zero-order chi connectivity index (χ0) is 61.8. The second kappa shape index (κ2) is 39.5. The van der Waals surface area contributed by atoms with Crippen molar-refractivity contribution in [1.29, 1.82) is 15.8 Å². The smallest absolute Gasteiger partial charge is 0.337 e. The molecule has 10 rings (SSSR count). The largest absolute Gasteiger partial charge is 0.481 e. The van der Waals surface area contributed by atoms with Crippen LogP contribution in [-0.4, -0.2) is 85.9 Å². The van der Waals surface area contributed by atoms with Crippen LogP contribution in [0, 0.1) is 34.0 Å². The summed E-state index contributed by atoms with van der Waals surface area (Å²) in [6.45, 7) is 1.62. The number of carboxylic acids is 2. The van der Waals surface area contributed by atoms with E-state index in [0.29, 0.717) is 28.9 Å². The molecule has 0 unspecified atom stereocenters. The second-order valence-electron chi connectivity index (χ2n) is 16.9. The summed E-state index contributed by atoms with van der Waals surface area (Å²) < 4.78 is 16.0. The molecule has 0 aliphatic carbocycles. The van der Waals surface area contributed by atoms with Gasteiger partial charge in [0.15, 0.2) is 17.3 Å². The van der Waals surface area contributed by atoms with E-state index >= 15 is 0 Å². The number of nitrogens with one attached hydrogen (secondary N) is 2. The molecule has 10 aromatic rings. The summed E-state index contributed by atoms with van der Waals surface area (Å²) in [6, 6.07) is 56.8. The minimum Gasteiger partial charge on any atom is -0.481 e. The number of imidazole rings is 2. The number of benzene rings is 4.